The summed E-state index contributed by atoms with van der Waals surface area (Å²) in [6.45, 7) is 0. The van der Waals surface area contributed by atoms with Crippen LogP contribution in [0.1, 0.15) is 5.56 Å². The van der Waals surface area contributed by atoms with Gasteiger partial charge < -0.3 is 21.1 Å². The van der Waals surface area contributed by atoms with Crippen molar-refractivity contribution in [1.29, 1.82) is 0 Å². The highest BCUT2D eigenvalue weighted by atomic mass is 32.1. The van der Waals surface area contributed by atoms with Crippen molar-refractivity contribution < 1.29 is 22.7 Å². The van der Waals surface area contributed by atoms with E-state index in [0.717, 1.165) is 6.07 Å². The number of rotatable bonds is 4. The van der Waals surface area contributed by atoms with Gasteiger partial charge in [-0.3, -0.25) is 0 Å². The number of nitrogens with one attached hydrogen (secondary N) is 2. The second-order valence-electron chi connectivity index (χ2n) is 4.56. The molecule has 0 atom stereocenters. The molecule has 0 saturated heterocycles. The number of anilines is 2. The maximum atomic E-state index is 12.3. The van der Waals surface area contributed by atoms with Crippen molar-refractivity contribution in [3.8, 4) is 5.75 Å². The van der Waals surface area contributed by atoms with Gasteiger partial charge >= 0.3 is 12.4 Å². The van der Waals surface area contributed by atoms with Crippen LogP contribution in [-0.2, 0) is 0 Å². The molecule has 0 fully saturated rings. The predicted molar refractivity (Wildman–Crippen MR) is 88.1 cm³/mol. The molecule has 24 heavy (non-hydrogen) atoms. The highest BCUT2D eigenvalue weighted by Crippen LogP contribution is 2.29. The molecule has 2 amide bonds. The summed E-state index contributed by atoms with van der Waals surface area (Å²) in [5, 5.41) is 4.77. The van der Waals surface area contributed by atoms with Crippen LogP contribution in [0, 0.1) is 0 Å². The Hall–Kier alpha value is -2.81. The van der Waals surface area contributed by atoms with Crippen LogP contribution in [-0.4, -0.2) is 17.4 Å². The molecule has 0 spiro atoms. The van der Waals surface area contributed by atoms with Crippen molar-refractivity contribution in [2.24, 2.45) is 5.73 Å². The third-order valence-corrected chi connectivity index (χ3v) is 3.02. The number of urea groups is 1. The first-order chi connectivity index (χ1) is 11.2. The van der Waals surface area contributed by atoms with Crippen LogP contribution < -0.4 is 21.1 Å². The summed E-state index contributed by atoms with van der Waals surface area (Å²) in [5.74, 6) is -0.510. The van der Waals surface area contributed by atoms with E-state index in [1.165, 1.54) is 18.2 Å². The molecule has 9 heteroatoms. The van der Waals surface area contributed by atoms with E-state index in [4.69, 9.17) is 18.0 Å². The minimum Gasteiger partial charge on any atom is -0.404 e. The summed E-state index contributed by atoms with van der Waals surface area (Å²) in [6.07, 6.45) is -4.86. The number of amides is 2. The van der Waals surface area contributed by atoms with Gasteiger partial charge in [0.2, 0.25) is 0 Å². The minimum absolute atomic E-state index is 0.118. The van der Waals surface area contributed by atoms with Crippen LogP contribution in [0.25, 0.3) is 0 Å². The van der Waals surface area contributed by atoms with E-state index in [9.17, 15) is 18.0 Å². The van der Waals surface area contributed by atoms with Crippen molar-refractivity contribution in [3.63, 3.8) is 0 Å². The lowest BCUT2D eigenvalue weighted by Crippen LogP contribution is -2.22. The maximum Gasteiger partial charge on any atom is 0.573 e. The molecule has 2 aromatic rings. The smallest absolute Gasteiger partial charge is 0.404 e. The van der Waals surface area contributed by atoms with Gasteiger partial charge in [-0.15, -0.1) is 13.2 Å². The quantitative estimate of drug-likeness (QED) is 0.728. The number of halogens is 3. The Kier molecular flexibility index (Phi) is 5.24. The van der Waals surface area contributed by atoms with Crippen molar-refractivity contribution in [3.05, 3.63) is 54.1 Å². The lowest BCUT2D eigenvalue weighted by atomic mass is 10.2. The number of thiocarbonyl (C=S) groups is 1. The number of alkyl halides is 3. The van der Waals surface area contributed by atoms with E-state index in [1.807, 2.05) is 0 Å². The summed E-state index contributed by atoms with van der Waals surface area (Å²) >= 11 is 4.81. The van der Waals surface area contributed by atoms with E-state index in [1.54, 1.807) is 24.3 Å². The Balaban J connectivity index is 2.06. The van der Waals surface area contributed by atoms with Gasteiger partial charge in [0.25, 0.3) is 0 Å². The molecule has 0 aromatic heterocycles. The maximum absolute atomic E-state index is 12.3. The Bertz CT molecular complexity index is 748. The predicted octanol–water partition coefficient (Wildman–Crippen LogP) is 3.86. The Morgan fingerprint density at radius 2 is 1.67 bits per heavy atom. The summed E-state index contributed by atoms with van der Waals surface area (Å²) in [7, 11) is 0. The molecule has 2 rings (SSSR count). The van der Waals surface area contributed by atoms with Crippen LogP contribution in [0.3, 0.4) is 0 Å². The Morgan fingerprint density at radius 3 is 2.25 bits per heavy atom. The molecule has 2 aromatic carbocycles. The summed E-state index contributed by atoms with van der Waals surface area (Å²) < 4.78 is 40.9. The topological polar surface area (TPSA) is 76.4 Å². The van der Waals surface area contributed by atoms with Crippen LogP contribution in [0.5, 0.6) is 5.75 Å². The summed E-state index contributed by atoms with van der Waals surface area (Å²) in [5.41, 5.74) is 6.38. The molecular weight excluding hydrogens is 343 g/mol. The molecule has 0 heterocycles. The highest BCUT2D eigenvalue weighted by molar-refractivity contribution is 7.80. The largest absolute Gasteiger partial charge is 0.573 e. The average molecular weight is 355 g/mol. The zero-order valence-corrected chi connectivity index (χ0v) is 12.9. The minimum atomic E-state index is -4.86. The highest BCUT2D eigenvalue weighted by Gasteiger charge is 2.32. The molecule has 0 bridgehead atoms. The third-order valence-electron chi connectivity index (χ3n) is 2.79. The molecule has 0 saturated carbocycles. The first kappa shape index (κ1) is 17.5. The van der Waals surface area contributed by atoms with Crippen molar-refractivity contribution >= 4 is 34.6 Å². The second kappa shape index (κ2) is 7.18. The monoisotopic (exact) mass is 355 g/mol. The van der Waals surface area contributed by atoms with Crippen LogP contribution in [0.2, 0.25) is 0 Å². The zero-order chi connectivity index (χ0) is 17.7. The number of hydrogen-bond donors (Lipinski definition) is 3. The molecule has 5 nitrogen and oxygen atoms in total. The fourth-order valence-electron chi connectivity index (χ4n) is 1.79. The average Bonchev–Trinajstić information content (AvgIpc) is 2.48. The first-order valence-electron chi connectivity index (χ1n) is 6.57. The molecule has 0 radical (unpaired) electrons. The third kappa shape index (κ3) is 5.13. The number of benzene rings is 2. The lowest BCUT2D eigenvalue weighted by Gasteiger charge is -2.14. The number of carbonyl (C=O) groups is 1. The van der Waals surface area contributed by atoms with Gasteiger partial charge in [0.15, 0.2) is 5.75 Å². The SMILES string of the molecule is NC(=S)c1ccc(NC(=O)Nc2ccccc2OC(F)(F)F)cc1. The fourth-order valence-corrected chi connectivity index (χ4v) is 1.92. The Labute approximate surface area is 140 Å². The lowest BCUT2D eigenvalue weighted by molar-refractivity contribution is -0.274. The van der Waals surface area contributed by atoms with Gasteiger partial charge in [-0.25, -0.2) is 4.79 Å². The van der Waals surface area contributed by atoms with Gasteiger partial charge in [-0.2, -0.15) is 0 Å². The molecule has 0 aliphatic rings. The second-order valence-corrected chi connectivity index (χ2v) is 5.00. The van der Waals surface area contributed by atoms with Crippen LogP contribution in [0.15, 0.2) is 48.5 Å². The van der Waals surface area contributed by atoms with E-state index < -0.39 is 18.1 Å². The van der Waals surface area contributed by atoms with E-state index in [2.05, 4.69) is 15.4 Å². The number of hydrogen-bond acceptors (Lipinski definition) is 3. The summed E-state index contributed by atoms with van der Waals surface area (Å²) in [6, 6.07) is 10.8. The van der Waals surface area contributed by atoms with Gasteiger partial charge in [-0.05, 0) is 36.4 Å². The van der Waals surface area contributed by atoms with Gasteiger partial charge in [0.1, 0.15) is 4.99 Å². The molecule has 4 N–H and O–H groups in total. The molecule has 0 unspecified atom stereocenters. The van der Waals surface area contributed by atoms with Crippen LogP contribution in [0.4, 0.5) is 29.3 Å². The number of ether oxygens (including phenoxy) is 1. The zero-order valence-electron chi connectivity index (χ0n) is 12.1. The fraction of sp³-hybridized carbons (Fsp3) is 0.0667. The normalized spacial score (nSPS) is 10.8. The van der Waals surface area contributed by atoms with E-state index in [0.29, 0.717) is 11.3 Å². The summed E-state index contributed by atoms with van der Waals surface area (Å²) in [4.78, 5) is 12.1. The number of nitrogens with two attached hydrogens (primary N) is 1. The Morgan fingerprint density at radius 1 is 1.04 bits per heavy atom. The van der Waals surface area contributed by atoms with Gasteiger partial charge in [-0.1, -0.05) is 24.4 Å². The van der Waals surface area contributed by atoms with E-state index in [-0.39, 0.29) is 10.7 Å². The number of para-hydroxylation sites is 2. The van der Waals surface area contributed by atoms with Crippen molar-refractivity contribution in [2.45, 2.75) is 6.36 Å². The van der Waals surface area contributed by atoms with E-state index >= 15 is 0 Å². The molecule has 0 aliphatic carbocycles. The van der Waals surface area contributed by atoms with Gasteiger partial charge in [0, 0.05) is 11.3 Å². The standard InChI is InChI=1S/C15H12F3N3O2S/c16-15(17,18)23-12-4-2-1-3-11(12)21-14(22)20-10-7-5-9(6-8-10)13(19)24/h1-8H,(H2,19,24)(H2,20,21,22). The van der Waals surface area contributed by atoms with Gasteiger partial charge in [0.05, 0.1) is 5.69 Å². The van der Waals surface area contributed by atoms with Crippen LogP contribution >= 0.6 is 12.2 Å². The van der Waals surface area contributed by atoms with Crippen molar-refractivity contribution in [1.82, 2.24) is 0 Å². The molecule has 126 valence electrons. The molecule has 0 aliphatic heterocycles. The molecular formula is C15H12F3N3O2S. The van der Waals surface area contributed by atoms with Crippen molar-refractivity contribution in [2.75, 3.05) is 10.6 Å². The number of carbonyl (C=O) groups excluding carboxylic acids is 1. The first-order valence-corrected chi connectivity index (χ1v) is 6.98.